The fourth-order valence-electron chi connectivity index (χ4n) is 2.51. The molecule has 1 amide bonds. The lowest BCUT2D eigenvalue weighted by molar-refractivity contribution is -0.126. The van der Waals surface area contributed by atoms with Crippen LogP contribution in [-0.4, -0.2) is 22.0 Å². The molecule has 0 unspecified atom stereocenters. The molecule has 20 heavy (non-hydrogen) atoms. The van der Waals surface area contributed by atoms with Crippen LogP contribution < -0.4 is 5.32 Å². The lowest BCUT2D eigenvalue weighted by atomic mass is 9.82. The van der Waals surface area contributed by atoms with Crippen molar-refractivity contribution in [1.29, 1.82) is 0 Å². The monoisotopic (exact) mass is 276 g/mol. The first-order valence-corrected chi connectivity index (χ1v) is 7.02. The number of nitrogens with one attached hydrogen (secondary N) is 1. The molecule has 2 N–H and O–H groups in total. The van der Waals surface area contributed by atoms with E-state index in [9.17, 15) is 9.59 Å². The van der Waals surface area contributed by atoms with Gasteiger partial charge < -0.3 is 10.4 Å². The van der Waals surface area contributed by atoms with Crippen LogP contribution in [0.4, 0.5) is 0 Å². The molecule has 1 aliphatic carbocycles. The van der Waals surface area contributed by atoms with E-state index >= 15 is 0 Å². The first-order chi connectivity index (χ1) is 9.56. The number of carbonyl (C=O) groups is 2. The molecule has 5 nitrogen and oxygen atoms in total. The third-order valence-corrected chi connectivity index (χ3v) is 3.90. The van der Waals surface area contributed by atoms with Crippen LogP contribution in [0.5, 0.6) is 0 Å². The van der Waals surface area contributed by atoms with Gasteiger partial charge in [-0.05, 0) is 43.2 Å². The second kappa shape index (κ2) is 6.50. The molecular weight excluding hydrogens is 256 g/mol. The average molecular weight is 276 g/mol. The van der Waals surface area contributed by atoms with Crippen LogP contribution in [0.25, 0.3) is 0 Å². The van der Waals surface area contributed by atoms with E-state index in [4.69, 9.17) is 5.11 Å². The number of nitrogens with zero attached hydrogens (tertiary/aromatic N) is 1. The van der Waals surface area contributed by atoms with Gasteiger partial charge in [0.2, 0.25) is 5.91 Å². The summed E-state index contributed by atoms with van der Waals surface area (Å²) in [7, 11) is 0. The van der Waals surface area contributed by atoms with Crippen molar-refractivity contribution in [2.45, 2.75) is 39.2 Å². The van der Waals surface area contributed by atoms with Crippen LogP contribution >= 0.6 is 0 Å². The van der Waals surface area contributed by atoms with Crippen molar-refractivity contribution >= 4 is 11.9 Å². The minimum absolute atomic E-state index is 0.0151. The summed E-state index contributed by atoms with van der Waals surface area (Å²) in [4.78, 5) is 26.5. The normalized spacial score (nSPS) is 22.2. The number of carboxylic acid groups (broad SMARTS) is 1. The Kier molecular flexibility index (Phi) is 4.71. The number of hydrogen-bond acceptors (Lipinski definition) is 3. The van der Waals surface area contributed by atoms with Gasteiger partial charge in [0, 0.05) is 18.7 Å². The SMILES string of the molecule is CC1CCC(C(=O)NCc2ccc(C(=O)O)nc2)CC1. The first kappa shape index (κ1) is 14.5. The van der Waals surface area contributed by atoms with Gasteiger partial charge in [-0.3, -0.25) is 4.79 Å². The maximum Gasteiger partial charge on any atom is 0.354 e. The van der Waals surface area contributed by atoms with Crippen molar-refractivity contribution in [2.75, 3.05) is 0 Å². The van der Waals surface area contributed by atoms with E-state index in [-0.39, 0.29) is 17.5 Å². The summed E-state index contributed by atoms with van der Waals surface area (Å²) in [6.07, 6.45) is 5.65. The number of pyridine rings is 1. The van der Waals surface area contributed by atoms with Crippen LogP contribution in [0.1, 0.15) is 48.7 Å². The van der Waals surface area contributed by atoms with Crippen molar-refractivity contribution in [1.82, 2.24) is 10.3 Å². The number of amides is 1. The summed E-state index contributed by atoms with van der Waals surface area (Å²) in [5, 5.41) is 11.7. The Morgan fingerprint density at radius 2 is 2.00 bits per heavy atom. The van der Waals surface area contributed by atoms with E-state index in [0.717, 1.165) is 37.2 Å². The number of aromatic nitrogens is 1. The number of carbonyl (C=O) groups excluding carboxylic acids is 1. The van der Waals surface area contributed by atoms with Crippen molar-refractivity contribution in [3.8, 4) is 0 Å². The smallest absolute Gasteiger partial charge is 0.354 e. The van der Waals surface area contributed by atoms with Crippen molar-refractivity contribution in [3.05, 3.63) is 29.6 Å². The van der Waals surface area contributed by atoms with E-state index in [0.29, 0.717) is 6.54 Å². The zero-order chi connectivity index (χ0) is 14.5. The van der Waals surface area contributed by atoms with Crippen LogP contribution in [0.15, 0.2) is 18.3 Å². The van der Waals surface area contributed by atoms with E-state index in [1.165, 1.54) is 12.3 Å². The van der Waals surface area contributed by atoms with E-state index in [1.54, 1.807) is 6.07 Å². The Morgan fingerprint density at radius 3 is 2.55 bits per heavy atom. The van der Waals surface area contributed by atoms with Crippen LogP contribution in [-0.2, 0) is 11.3 Å². The highest BCUT2D eigenvalue weighted by atomic mass is 16.4. The number of aromatic carboxylic acids is 1. The molecule has 1 saturated carbocycles. The number of carboxylic acids is 1. The van der Waals surface area contributed by atoms with Gasteiger partial charge in [0.05, 0.1) is 0 Å². The van der Waals surface area contributed by atoms with E-state index in [1.807, 2.05) is 0 Å². The molecule has 5 heteroatoms. The maximum absolute atomic E-state index is 12.0. The Labute approximate surface area is 118 Å². The molecule has 0 atom stereocenters. The maximum atomic E-state index is 12.0. The highest BCUT2D eigenvalue weighted by Crippen LogP contribution is 2.28. The lowest BCUT2D eigenvalue weighted by Crippen LogP contribution is -2.32. The lowest BCUT2D eigenvalue weighted by Gasteiger charge is -2.25. The Morgan fingerprint density at radius 1 is 1.30 bits per heavy atom. The summed E-state index contributed by atoms with van der Waals surface area (Å²) in [6, 6.07) is 3.13. The summed E-state index contributed by atoms with van der Waals surface area (Å²) in [5.41, 5.74) is 0.828. The predicted molar refractivity (Wildman–Crippen MR) is 74.2 cm³/mol. The Balaban J connectivity index is 1.82. The third kappa shape index (κ3) is 3.79. The fraction of sp³-hybridized carbons (Fsp3) is 0.533. The zero-order valence-electron chi connectivity index (χ0n) is 11.6. The van der Waals surface area contributed by atoms with E-state index < -0.39 is 5.97 Å². The van der Waals surface area contributed by atoms with Gasteiger partial charge in [0.1, 0.15) is 5.69 Å². The Bertz CT molecular complexity index is 476. The molecule has 0 saturated heterocycles. The molecule has 0 aliphatic heterocycles. The second-order valence-corrected chi connectivity index (χ2v) is 5.53. The van der Waals surface area contributed by atoms with Gasteiger partial charge in [0.25, 0.3) is 0 Å². The van der Waals surface area contributed by atoms with Gasteiger partial charge >= 0.3 is 5.97 Å². The molecule has 0 bridgehead atoms. The van der Waals surface area contributed by atoms with Crippen LogP contribution in [0, 0.1) is 11.8 Å². The molecule has 1 aromatic rings. The largest absolute Gasteiger partial charge is 0.477 e. The van der Waals surface area contributed by atoms with Gasteiger partial charge in [0.15, 0.2) is 0 Å². The quantitative estimate of drug-likeness (QED) is 0.883. The second-order valence-electron chi connectivity index (χ2n) is 5.53. The summed E-state index contributed by atoms with van der Waals surface area (Å²) in [5.74, 6) is -0.0969. The zero-order valence-corrected chi connectivity index (χ0v) is 11.6. The third-order valence-electron chi connectivity index (χ3n) is 3.90. The standard InChI is InChI=1S/C15H20N2O3/c1-10-2-5-12(6-3-10)14(18)17-9-11-4-7-13(15(19)20)16-8-11/h4,7-8,10,12H,2-3,5-6,9H2,1H3,(H,17,18)(H,19,20). The summed E-state index contributed by atoms with van der Waals surface area (Å²) < 4.78 is 0. The van der Waals surface area contributed by atoms with Crippen LogP contribution in [0.2, 0.25) is 0 Å². The molecule has 1 aliphatic rings. The number of hydrogen-bond donors (Lipinski definition) is 2. The molecule has 2 rings (SSSR count). The molecule has 1 aromatic heterocycles. The summed E-state index contributed by atoms with van der Waals surface area (Å²) >= 11 is 0. The van der Waals surface area contributed by atoms with Gasteiger partial charge in [-0.1, -0.05) is 13.0 Å². The molecule has 1 fully saturated rings. The van der Waals surface area contributed by atoms with Crippen LogP contribution in [0.3, 0.4) is 0 Å². The first-order valence-electron chi connectivity index (χ1n) is 7.02. The Hall–Kier alpha value is -1.91. The molecular formula is C15H20N2O3. The predicted octanol–water partition coefficient (Wildman–Crippen LogP) is 2.22. The minimum atomic E-state index is -1.04. The average Bonchev–Trinajstić information content (AvgIpc) is 2.46. The molecule has 0 spiro atoms. The van der Waals surface area contributed by atoms with Gasteiger partial charge in [-0.15, -0.1) is 0 Å². The van der Waals surface area contributed by atoms with Gasteiger partial charge in [-0.25, -0.2) is 9.78 Å². The molecule has 108 valence electrons. The molecule has 0 radical (unpaired) electrons. The van der Waals surface area contributed by atoms with Crippen molar-refractivity contribution in [3.63, 3.8) is 0 Å². The number of rotatable bonds is 4. The highest BCUT2D eigenvalue weighted by Gasteiger charge is 2.23. The fourth-order valence-corrected chi connectivity index (χ4v) is 2.51. The molecule has 1 heterocycles. The van der Waals surface area contributed by atoms with Crippen molar-refractivity contribution < 1.29 is 14.7 Å². The highest BCUT2D eigenvalue weighted by molar-refractivity contribution is 5.85. The van der Waals surface area contributed by atoms with E-state index in [2.05, 4.69) is 17.2 Å². The molecule has 0 aromatic carbocycles. The topological polar surface area (TPSA) is 79.3 Å². The minimum Gasteiger partial charge on any atom is -0.477 e. The summed E-state index contributed by atoms with van der Waals surface area (Å²) in [6.45, 7) is 2.63. The van der Waals surface area contributed by atoms with Crippen molar-refractivity contribution in [2.24, 2.45) is 11.8 Å². The van der Waals surface area contributed by atoms with Gasteiger partial charge in [-0.2, -0.15) is 0 Å².